The Bertz CT molecular complexity index is 664. The normalized spacial score (nSPS) is 13.2. The summed E-state index contributed by atoms with van der Waals surface area (Å²) in [4.78, 5) is 11.7. The topological polar surface area (TPSA) is 83.7 Å². The highest BCUT2D eigenvalue weighted by Gasteiger charge is 2.14. The van der Waals surface area contributed by atoms with E-state index in [-0.39, 0.29) is 18.9 Å². The number of amides is 2. The van der Waals surface area contributed by atoms with E-state index in [0.717, 1.165) is 12.1 Å². The second-order valence-electron chi connectivity index (χ2n) is 5.17. The molecule has 1 heterocycles. The SMILES string of the molecule is CC(COc1ccc(F)cc1F)NC(=O)NCC(O)c1ccco1. The fourth-order valence-electron chi connectivity index (χ4n) is 1.89. The zero-order valence-electron chi connectivity index (χ0n) is 13.0. The predicted octanol–water partition coefficient (Wildman–Crippen LogP) is 2.36. The molecule has 0 spiro atoms. The Morgan fingerprint density at radius 1 is 1.38 bits per heavy atom. The summed E-state index contributed by atoms with van der Waals surface area (Å²) in [5.41, 5.74) is 0. The second kappa shape index (κ2) is 8.30. The van der Waals surface area contributed by atoms with E-state index in [4.69, 9.17) is 9.15 Å². The number of urea groups is 1. The maximum atomic E-state index is 13.4. The molecule has 0 aliphatic carbocycles. The first-order valence-electron chi connectivity index (χ1n) is 7.29. The third kappa shape index (κ3) is 5.24. The quantitative estimate of drug-likeness (QED) is 0.722. The molecule has 0 aliphatic rings. The number of aliphatic hydroxyl groups excluding tert-OH is 1. The lowest BCUT2D eigenvalue weighted by molar-refractivity contribution is 0.147. The fraction of sp³-hybridized carbons (Fsp3) is 0.312. The molecule has 2 rings (SSSR count). The van der Waals surface area contributed by atoms with E-state index in [1.165, 1.54) is 12.3 Å². The third-order valence-electron chi connectivity index (χ3n) is 3.09. The van der Waals surface area contributed by atoms with Crippen LogP contribution >= 0.6 is 0 Å². The van der Waals surface area contributed by atoms with Crippen molar-refractivity contribution < 1.29 is 27.8 Å². The number of rotatable bonds is 7. The third-order valence-corrected chi connectivity index (χ3v) is 3.09. The lowest BCUT2D eigenvalue weighted by Crippen LogP contribution is -2.44. The van der Waals surface area contributed by atoms with E-state index in [1.54, 1.807) is 19.1 Å². The molecule has 0 fully saturated rings. The van der Waals surface area contributed by atoms with Gasteiger partial charge in [-0.1, -0.05) is 0 Å². The number of aliphatic hydroxyl groups is 1. The first kappa shape index (κ1) is 17.7. The summed E-state index contributed by atoms with van der Waals surface area (Å²) >= 11 is 0. The Hall–Kier alpha value is -2.61. The van der Waals surface area contributed by atoms with Gasteiger partial charge in [0.2, 0.25) is 0 Å². The van der Waals surface area contributed by atoms with E-state index >= 15 is 0 Å². The molecule has 0 aliphatic heterocycles. The van der Waals surface area contributed by atoms with Crippen LogP contribution in [0.25, 0.3) is 0 Å². The van der Waals surface area contributed by atoms with Gasteiger partial charge in [-0.3, -0.25) is 0 Å². The first-order valence-corrected chi connectivity index (χ1v) is 7.29. The number of benzene rings is 1. The lowest BCUT2D eigenvalue weighted by Gasteiger charge is -2.16. The summed E-state index contributed by atoms with van der Waals surface area (Å²) in [7, 11) is 0. The Balaban J connectivity index is 1.71. The van der Waals surface area contributed by atoms with Gasteiger partial charge in [-0.15, -0.1) is 0 Å². The average Bonchev–Trinajstić information content (AvgIpc) is 3.06. The molecule has 2 aromatic rings. The molecule has 0 saturated carbocycles. The number of furan rings is 1. The highest BCUT2D eigenvalue weighted by molar-refractivity contribution is 5.74. The van der Waals surface area contributed by atoms with Crippen LogP contribution in [0.2, 0.25) is 0 Å². The number of carbonyl (C=O) groups excluding carboxylic acids is 1. The monoisotopic (exact) mass is 340 g/mol. The summed E-state index contributed by atoms with van der Waals surface area (Å²) in [6, 6.07) is 5.25. The van der Waals surface area contributed by atoms with Crippen LogP contribution in [0, 0.1) is 11.6 Å². The van der Waals surface area contributed by atoms with Crippen molar-refractivity contribution >= 4 is 6.03 Å². The summed E-state index contributed by atoms with van der Waals surface area (Å²) in [5.74, 6) is -1.26. The standard InChI is InChI=1S/C16H18F2N2O4/c1-10(9-24-14-5-4-11(17)7-12(14)18)20-16(22)19-8-13(21)15-3-2-6-23-15/h2-7,10,13,21H,8-9H2,1H3,(H2,19,20,22). The predicted molar refractivity (Wildman–Crippen MR) is 81.5 cm³/mol. The molecule has 1 aromatic heterocycles. The van der Waals surface area contributed by atoms with Crippen LogP contribution in [0.4, 0.5) is 13.6 Å². The Kier molecular flexibility index (Phi) is 6.14. The smallest absolute Gasteiger partial charge is 0.315 e. The van der Waals surface area contributed by atoms with Crippen molar-refractivity contribution in [2.24, 2.45) is 0 Å². The lowest BCUT2D eigenvalue weighted by atomic mass is 10.3. The molecule has 130 valence electrons. The van der Waals surface area contributed by atoms with Gasteiger partial charge < -0.3 is 24.9 Å². The Morgan fingerprint density at radius 3 is 2.83 bits per heavy atom. The van der Waals surface area contributed by atoms with Gasteiger partial charge in [0.1, 0.15) is 24.3 Å². The molecule has 8 heteroatoms. The molecule has 0 saturated heterocycles. The molecule has 0 radical (unpaired) electrons. The van der Waals surface area contributed by atoms with Crippen LogP contribution in [-0.2, 0) is 0 Å². The van der Waals surface area contributed by atoms with E-state index in [1.807, 2.05) is 0 Å². The molecule has 2 atom stereocenters. The highest BCUT2D eigenvalue weighted by atomic mass is 19.1. The van der Waals surface area contributed by atoms with Gasteiger partial charge in [-0.05, 0) is 31.2 Å². The van der Waals surface area contributed by atoms with Crippen molar-refractivity contribution in [3.63, 3.8) is 0 Å². The molecule has 6 nitrogen and oxygen atoms in total. The fourth-order valence-corrected chi connectivity index (χ4v) is 1.89. The number of halogens is 2. The minimum Gasteiger partial charge on any atom is -0.488 e. The summed E-state index contributed by atoms with van der Waals surface area (Å²) in [6.07, 6.45) is 0.470. The minimum absolute atomic E-state index is 0.00326. The summed E-state index contributed by atoms with van der Waals surface area (Å²) in [6.45, 7) is 1.63. The molecule has 0 bridgehead atoms. The van der Waals surface area contributed by atoms with E-state index < -0.39 is 29.8 Å². The molecule has 1 aromatic carbocycles. The first-order chi connectivity index (χ1) is 11.5. The maximum Gasteiger partial charge on any atom is 0.315 e. The molecular weight excluding hydrogens is 322 g/mol. The van der Waals surface area contributed by atoms with Crippen molar-refractivity contribution in [2.45, 2.75) is 19.1 Å². The Labute approximate surface area is 137 Å². The van der Waals surface area contributed by atoms with Crippen LogP contribution in [0.5, 0.6) is 5.75 Å². The van der Waals surface area contributed by atoms with Crippen molar-refractivity contribution in [1.29, 1.82) is 0 Å². The highest BCUT2D eigenvalue weighted by Crippen LogP contribution is 2.17. The van der Waals surface area contributed by atoms with Gasteiger partial charge in [-0.2, -0.15) is 0 Å². The second-order valence-corrected chi connectivity index (χ2v) is 5.17. The van der Waals surface area contributed by atoms with Gasteiger partial charge in [0.15, 0.2) is 11.6 Å². The summed E-state index contributed by atoms with van der Waals surface area (Å²) < 4.78 is 36.4. The van der Waals surface area contributed by atoms with Crippen molar-refractivity contribution in [2.75, 3.05) is 13.2 Å². The number of ether oxygens (including phenoxy) is 1. The van der Waals surface area contributed by atoms with Crippen molar-refractivity contribution in [1.82, 2.24) is 10.6 Å². The largest absolute Gasteiger partial charge is 0.488 e. The van der Waals surface area contributed by atoms with E-state index in [0.29, 0.717) is 5.76 Å². The van der Waals surface area contributed by atoms with E-state index in [9.17, 15) is 18.7 Å². The number of nitrogens with one attached hydrogen (secondary N) is 2. The maximum absolute atomic E-state index is 13.4. The van der Waals surface area contributed by atoms with Gasteiger partial charge >= 0.3 is 6.03 Å². The van der Waals surface area contributed by atoms with Crippen molar-refractivity contribution in [3.05, 3.63) is 54.0 Å². The molecular formula is C16H18F2N2O4. The summed E-state index contributed by atoms with van der Waals surface area (Å²) in [5, 5.41) is 14.8. The van der Waals surface area contributed by atoms with Crippen LogP contribution in [-0.4, -0.2) is 30.3 Å². The van der Waals surface area contributed by atoms with Gasteiger partial charge in [0.25, 0.3) is 0 Å². The zero-order valence-corrected chi connectivity index (χ0v) is 13.0. The van der Waals surface area contributed by atoms with Crippen LogP contribution in [0.15, 0.2) is 41.0 Å². The van der Waals surface area contributed by atoms with Crippen molar-refractivity contribution in [3.8, 4) is 5.75 Å². The van der Waals surface area contributed by atoms with Crippen LogP contribution in [0.3, 0.4) is 0 Å². The number of hydrogen-bond donors (Lipinski definition) is 3. The van der Waals surface area contributed by atoms with Gasteiger partial charge in [-0.25, -0.2) is 13.6 Å². The van der Waals surface area contributed by atoms with Crippen LogP contribution in [0.1, 0.15) is 18.8 Å². The average molecular weight is 340 g/mol. The molecule has 2 unspecified atom stereocenters. The molecule has 24 heavy (non-hydrogen) atoms. The minimum atomic E-state index is -0.953. The molecule has 3 N–H and O–H groups in total. The number of hydrogen-bond acceptors (Lipinski definition) is 4. The van der Waals surface area contributed by atoms with Gasteiger partial charge in [0.05, 0.1) is 18.8 Å². The van der Waals surface area contributed by atoms with E-state index in [2.05, 4.69) is 10.6 Å². The molecule has 2 amide bonds. The van der Waals surface area contributed by atoms with Gasteiger partial charge in [0, 0.05) is 6.07 Å². The zero-order chi connectivity index (χ0) is 17.5. The Morgan fingerprint density at radius 2 is 2.17 bits per heavy atom. The number of carbonyl (C=O) groups is 1. The van der Waals surface area contributed by atoms with Crippen LogP contribution < -0.4 is 15.4 Å².